The molecule has 0 fully saturated rings. The highest BCUT2D eigenvalue weighted by Crippen LogP contribution is 2.17. The Hall–Kier alpha value is -3.44. The summed E-state index contributed by atoms with van der Waals surface area (Å²) in [5, 5.41) is 4.62. The van der Waals surface area contributed by atoms with Gasteiger partial charge in [0.15, 0.2) is 0 Å². The van der Waals surface area contributed by atoms with Crippen molar-refractivity contribution in [2.75, 3.05) is 5.73 Å². The van der Waals surface area contributed by atoms with Gasteiger partial charge in [-0.25, -0.2) is 5.43 Å². The summed E-state index contributed by atoms with van der Waals surface area (Å²) in [4.78, 5) is 16.3. The van der Waals surface area contributed by atoms with Gasteiger partial charge in [0.1, 0.15) is 0 Å². The highest BCUT2D eigenvalue weighted by molar-refractivity contribution is 6.30. The van der Waals surface area contributed by atoms with Crippen LogP contribution in [-0.2, 0) is 0 Å². The highest BCUT2D eigenvalue weighted by Gasteiger charge is 2.02. The molecule has 0 heterocycles. The van der Waals surface area contributed by atoms with Crippen molar-refractivity contribution >= 4 is 41.3 Å². The van der Waals surface area contributed by atoms with Gasteiger partial charge in [0, 0.05) is 22.5 Å². The second kappa shape index (κ2) is 8.78. The number of aliphatic imine (C=N–C) groups is 1. The van der Waals surface area contributed by atoms with E-state index in [1.807, 2.05) is 36.4 Å². The first-order valence-electron chi connectivity index (χ1n) is 8.19. The van der Waals surface area contributed by atoms with Crippen molar-refractivity contribution in [1.82, 2.24) is 5.43 Å². The molecule has 3 aromatic carbocycles. The molecule has 0 aliphatic heterocycles. The van der Waals surface area contributed by atoms with Crippen molar-refractivity contribution in [1.29, 1.82) is 0 Å². The van der Waals surface area contributed by atoms with Gasteiger partial charge in [-0.15, -0.1) is 0 Å². The normalized spacial score (nSPS) is 11.1. The zero-order chi connectivity index (χ0) is 19.1. The van der Waals surface area contributed by atoms with E-state index in [4.69, 9.17) is 17.3 Å². The van der Waals surface area contributed by atoms with Crippen LogP contribution < -0.4 is 11.2 Å². The summed E-state index contributed by atoms with van der Waals surface area (Å²) in [6.07, 6.45) is 3.34. The molecule has 0 spiro atoms. The Morgan fingerprint density at radius 2 is 1.59 bits per heavy atom. The van der Waals surface area contributed by atoms with Crippen LogP contribution in [0.25, 0.3) is 0 Å². The number of benzene rings is 3. The molecule has 0 aromatic heterocycles. The molecule has 0 unspecified atom stereocenters. The maximum atomic E-state index is 12.0. The number of anilines is 1. The average Bonchev–Trinajstić information content (AvgIpc) is 2.68. The third kappa shape index (κ3) is 5.52. The van der Waals surface area contributed by atoms with Crippen molar-refractivity contribution in [3.63, 3.8) is 0 Å². The van der Waals surface area contributed by atoms with E-state index >= 15 is 0 Å². The number of hydrogen-bond acceptors (Lipinski definition) is 4. The molecule has 5 nitrogen and oxygen atoms in total. The number of rotatable bonds is 5. The monoisotopic (exact) mass is 376 g/mol. The number of nitrogens with zero attached hydrogens (tertiary/aromatic N) is 2. The van der Waals surface area contributed by atoms with Gasteiger partial charge in [0.05, 0.1) is 11.9 Å². The lowest BCUT2D eigenvalue weighted by Crippen LogP contribution is -2.17. The quantitative estimate of drug-likeness (QED) is 0.392. The average molecular weight is 377 g/mol. The molecule has 0 aliphatic carbocycles. The van der Waals surface area contributed by atoms with Gasteiger partial charge < -0.3 is 5.73 Å². The van der Waals surface area contributed by atoms with E-state index in [2.05, 4.69) is 15.5 Å². The van der Waals surface area contributed by atoms with Crippen LogP contribution in [0.15, 0.2) is 82.9 Å². The number of carbonyl (C=O) groups is 1. The Kier molecular flexibility index (Phi) is 5.97. The lowest BCUT2D eigenvalue weighted by molar-refractivity contribution is 0.0955. The number of amides is 1. The minimum atomic E-state index is -0.295. The molecule has 3 aromatic rings. The first-order chi connectivity index (χ1) is 13.1. The lowest BCUT2D eigenvalue weighted by Gasteiger charge is -2.00. The van der Waals surface area contributed by atoms with Crippen molar-refractivity contribution < 1.29 is 4.79 Å². The van der Waals surface area contributed by atoms with Gasteiger partial charge in [-0.3, -0.25) is 9.79 Å². The van der Waals surface area contributed by atoms with Crippen molar-refractivity contribution in [3.8, 4) is 0 Å². The Morgan fingerprint density at radius 3 is 2.26 bits per heavy atom. The van der Waals surface area contributed by atoms with Gasteiger partial charge in [0.2, 0.25) is 0 Å². The van der Waals surface area contributed by atoms with Gasteiger partial charge in [-0.2, -0.15) is 5.10 Å². The zero-order valence-electron chi connectivity index (χ0n) is 14.3. The molecular formula is C21H17ClN4O. The predicted molar refractivity (Wildman–Crippen MR) is 111 cm³/mol. The van der Waals surface area contributed by atoms with Crippen LogP contribution in [0.3, 0.4) is 0 Å². The standard InChI is InChI=1S/C21H17ClN4O/c22-18-2-1-3-20(12-18)24-13-15-4-6-16(7-5-15)14-25-26-21(27)17-8-10-19(23)11-9-17/h1-14H,23H2,(H,26,27). The highest BCUT2D eigenvalue weighted by atomic mass is 35.5. The third-order valence-electron chi connectivity index (χ3n) is 3.66. The maximum Gasteiger partial charge on any atom is 0.271 e. The van der Waals surface area contributed by atoms with Gasteiger partial charge in [-0.1, -0.05) is 41.9 Å². The zero-order valence-corrected chi connectivity index (χ0v) is 15.1. The van der Waals surface area contributed by atoms with Crippen LogP contribution in [0, 0.1) is 0 Å². The number of nitrogen functional groups attached to an aromatic ring is 1. The van der Waals surface area contributed by atoms with Crippen LogP contribution in [0.1, 0.15) is 21.5 Å². The van der Waals surface area contributed by atoms with E-state index in [9.17, 15) is 4.79 Å². The first kappa shape index (κ1) is 18.4. The SMILES string of the molecule is Nc1ccc(C(=O)NN=Cc2ccc(C=Nc3cccc(Cl)c3)cc2)cc1. The fourth-order valence-corrected chi connectivity index (χ4v) is 2.42. The van der Waals surface area contributed by atoms with E-state index in [1.54, 1.807) is 48.8 Å². The lowest BCUT2D eigenvalue weighted by atomic mass is 10.1. The van der Waals surface area contributed by atoms with Crippen LogP contribution in [0.2, 0.25) is 5.02 Å². The summed E-state index contributed by atoms with van der Waals surface area (Å²) in [6, 6.07) is 21.6. The van der Waals surface area contributed by atoms with Gasteiger partial charge in [-0.05, 0) is 53.6 Å². The molecule has 1 amide bonds. The van der Waals surface area contributed by atoms with Gasteiger partial charge in [0.25, 0.3) is 5.91 Å². The third-order valence-corrected chi connectivity index (χ3v) is 3.90. The van der Waals surface area contributed by atoms with Crippen molar-refractivity contribution in [3.05, 3.63) is 94.5 Å². The number of halogens is 1. The van der Waals surface area contributed by atoms with Crippen molar-refractivity contribution in [2.24, 2.45) is 10.1 Å². The summed E-state index contributed by atoms with van der Waals surface area (Å²) in [5.41, 5.74) is 11.8. The topological polar surface area (TPSA) is 79.8 Å². The van der Waals surface area contributed by atoms with E-state index in [0.29, 0.717) is 16.3 Å². The van der Waals surface area contributed by atoms with Crippen LogP contribution >= 0.6 is 11.6 Å². The largest absolute Gasteiger partial charge is 0.399 e. The minimum absolute atomic E-state index is 0.295. The van der Waals surface area contributed by atoms with E-state index in [1.165, 1.54) is 0 Å². The maximum absolute atomic E-state index is 12.0. The molecule has 0 saturated carbocycles. The molecule has 3 rings (SSSR count). The molecule has 3 N–H and O–H groups in total. The van der Waals surface area contributed by atoms with Crippen LogP contribution in [0.5, 0.6) is 0 Å². The van der Waals surface area contributed by atoms with E-state index < -0.39 is 0 Å². The van der Waals surface area contributed by atoms with Crippen LogP contribution in [0.4, 0.5) is 11.4 Å². The summed E-state index contributed by atoms with van der Waals surface area (Å²) < 4.78 is 0. The fourth-order valence-electron chi connectivity index (χ4n) is 2.24. The van der Waals surface area contributed by atoms with Gasteiger partial charge >= 0.3 is 0 Å². The Morgan fingerprint density at radius 1 is 0.926 bits per heavy atom. The minimum Gasteiger partial charge on any atom is -0.399 e. The summed E-state index contributed by atoms with van der Waals surface area (Å²) >= 11 is 5.94. The number of hydrazone groups is 1. The Balaban J connectivity index is 1.57. The van der Waals surface area contributed by atoms with Crippen LogP contribution in [-0.4, -0.2) is 18.3 Å². The fraction of sp³-hybridized carbons (Fsp3) is 0. The molecular weight excluding hydrogens is 360 g/mol. The molecule has 0 atom stereocenters. The molecule has 0 radical (unpaired) electrons. The second-order valence-electron chi connectivity index (χ2n) is 5.73. The smallest absolute Gasteiger partial charge is 0.271 e. The summed E-state index contributed by atoms with van der Waals surface area (Å²) in [7, 11) is 0. The molecule has 0 aliphatic rings. The number of nitrogens with two attached hydrogens (primary N) is 1. The Labute approximate surface area is 162 Å². The number of carbonyl (C=O) groups excluding carboxylic acids is 1. The first-order valence-corrected chi connectivity index (χ1v) is 8.56. The van der Waals surface area contributed by atoms with Crippen molar-refractivity contribution in [2.45, 2.75) is 0 Å². The predicted octanol–water partition coefficient (Wildman–Crippen LogP) is 4.44. The number of hydrogen-bond donors (Lipinski definition) is 2. The second-order valence-corrected chi connectivity index (χ2v) is 6.16. The molecule has 27 heavy (non-hydrogen) atoms. The molecule has 0 bridgehead atoms. The summed E-state index contributed by atoms with van der Waals surface area (Å²) in [5.74, 6) is -0.295. The molecule has 134 valence electrons. The van der Waals surface area contributed by atoms with E-state index in [0.717, 1.165) is 16.8 Å². The van der Waals surface area contributed by atoms with E-state index in [-0.39, 0.29) is 5.91 Å². The molecule has 0 saturated heterocycles. The Bertz CT molecular complexity index is 980. The summed E-state index contributed by atoms with van der Waals surface area (Å²) in [6.45, 7) is 0. The molecule has 6 heteroatoms. The number of nitrogens with one attached hydrogen (secondary N) is 1.